The van der Waals surface area contributed by atoms with Gasteiger partial charge >= 0.3 is 0 Å². The van der Waals surface area contributed by atoms with Crippen molar-refractivity contribution >= 4 is 11.6 Å². The summed E-state index contributed by atoms with van der Waals surface area (Å²) in [6.07, 6.45) is 0. The Kier molecular flexibility index (Phi) is 3.92. The fraction of sp³-hybridized carbons (Fsp3) is 0.667. The average molecular weight is 218 g/mol. The van der Waals surface area contributed by atoms with E-state index in [0.29, 0.717) is 11.6 Å². The first-order valence-corrected chi connectivity index (χ1v) is 4.95. The molecule has 14 heavy (non-hydrogen) atoms. The molecule has 1 rings (SSSR count). The van der Waals surface area contributed by atoms with E-state index in [1.807, 2.05) is 25.6 Å². The predicted octanol–water partition coefficient (Wildman–Crippen LogP) is 0.734. The van der Waals surface area contributed by atoms with Gasteiger partial charge in [-0.3, -0.25) is 4.68 Å². The average Bonchev–Trinajstić information content (AvgIpc) is 2.42. The van der Waals surface area contributed by atoms with Crippen LogP contribution in [0.25, 0.3) is 0 Å². The van der Waals surface area contributed by atoms with Crippen LogP contribution in [-0.2, 0) is 6.54 Å². The highest BCUT2D eigenvalue weighted by Crippen LogP contribution is 2.18. The van der Waals surface area contributed by atoms with Crippen LogP contribution in [0.15, 0.2) is 0 Å². The Morgan fingerprint density at radius 3 is 2.57 bits per heavy atom. The highest BCUT2D eigenvalue weighted by molar-refractivity contribution is 6.31. The maximum atomic E-state index is 9.02. The molecule has 0 bridgehead atoms. The highest BCUT2D eigenvalue weighted by Gasteiger charge is 2.12. The lowest BCUT2D eigenvalue weighted by Gasteiger charge is -2.13. The molecule has 0 aliphatic carbocycles. The van der Waals surface area contributed by atoms with E-state index in [2.05, 4.69) is 10.4 Å². The van der Waals surface area contributed by atoms with Crippen LogP contribution in [0, 0.1) is 13.8 Å². The summed E-state index contributed by atoms with van der Waals surface area (Å²) in [5, 5.41) is 17.0. The van der Waals surface area contributed by atoms with Gasteiger partial charge in [0, 0.05) is 6.04 Å². The third kappa shape index (κ3) is 2.26. The molecule has 0 aromatic carbocycles. The maximum Gasteiger partial charge on any atom is 0.0844 e. The molecule has 1 heterocycles. The van der Waals surface area contributed by atoms with Crippen LogP contribution in [0.1, 0.15) is 11.4 Å². The summed E-state index contributed by atoms with van der Waals surface area (Å²) in [4.78, 5) is 0. The number of rotatable bonds is 4. The Morgan fingerprint density at radius 1 is 1.57 bits per heavy atom. The Labute approximate surface area is 88.9 Å². The molecule has 1 aromatic heterocycles. The van der Waals surface area contributed by atoms with Crippen molar-refractivity contribution in [3.63, 3.8) is 0 Å². The maximum absolute atomic E-state index is 9.02. The predicted molar refractivity (Wildman–Crippen MR) is 56.6 cm³/mol. The third-order valence-corrected chi connectivity index (χ3v) is 2.86. The number of nitrogens with zero attached hydrogens (tertiary/aromatic N) is 2. The molecule has 5 heteroatoms. The minimum atomic E-state index is 0.0177. The van der Waals surface area contributed by atoms with E-state index in [0.717, 1.165) is 11.4 Å². The number of aliphatic hydroxyl groups excluding tert-OH is 1. The molecule has 0 fully saturated rings. The van der Waals surface area contributed by atoms with Gasteiger partial charge in [0.05, 0.1) is 29.6 Å². The molecule has 1 atom stereocenters. The molecule has 0 amide bonds. The first-order valence-electron chi connectivity index (χ1n) is 4.57. The van der Waals surface area contributed by atoms with Crippen LogP contribution in [0.3, 0.4) is 0 Å². The second-order valence-corrected chi connectivity index (χ2v) is 3.71. The van der Waals surface area contributed by atoms with Crippen molar-refractivity contribution in [3.8, 4) is 0 Å². The van der Waals surface area contributed by atoms with Crippen molar-refractivity contribution in [3.05, 3.63) is 16.4 Å². The summed E-state index contributed by atoms with van der Waals surface area (Å²) < 4.78 is 1.81. The quantitative estimate of drug-likeness (QED) is 0.782. The first-order chi connectivity index (χ1) is 6.60. The van der Waals surface area contributed by atoms with Gasteiger partial charge in [0.25, 0.3) is 0 Å². The van der Waals surface area contributed by atoms with E-state index >= 15 is 0 Å². The molecular weight excluding hydrogens is 202 g/mol. The second-order valence-electron chi connectivity index (χ2n) is 3.34. The molecule has 0 saturated carbocycles. The first kappa shape index (κ1) is 11.5. The lowest BCUT2D eigenvalue weighted by molar-refractivity contribution is 0.231. The van der Waals surface area contributed by atoms with Gasteiger partial charge in [-0.25, -0.2) is 0 Å². The van der Waals surface area contributed by atoms with Crippen molar-refractivity contribution in [2.45, 2.75) is 26.4 Å². The van der Waals surface area contributed by atoms with Gasteiger partial charge in [-0.2, -0.15) is 5.10 Å². The molecule has 1 aromatic rings. The molecule has 0 spiro atoms. The zero-order chi connectivity index (χ0) is 10.7. The van der Waals surface area contributed by atoms with Crippen LogP contribution < -0.4 is 5.32 Å². The standard InChI is InChI=1S/C9H16ClN3O/c1-6-9(10)7(2)13(12-6)4-8(5-14)11-3/h8,11,14H,4-5H2,1-3H3. The van der Waals surface area contributed by atoms with Crippen LogP contribution in [0.4, 0.5) is 0 Å². The van der Waals surface area contributed by atoms with Gasteiger partial charge in [-0.1, -0.05) is 11.6 Å². The monoisotopic (exact) mass is 217 g/mol. The number of aliphatic hydroxyl groups is 1. The van der Waals surface area contributed by atoms with Crippen LogP contribution >= 0.6 is 11.6 Å². The van der Waals surface area contributed by atoms with Gasteiger partial charge in [0.1, 0.15) is 0 Å². The summed E-state index contributed by atoms with van der Waals surface area (Å²) >= 11 is 6.00. The summed E-state index contributed by atoms with van der Waals surface area (Å²) in [6, 6.07) is 0.0177. The highest BCUT2D eigenvalue weighted by atomic mass is 35.5. The van der Waals surface area contributed by atoms with Gasteiger partial charge in [-0.15, -0.1) is 0 Å². The molecule has 4 nitrogen and oxygen atoms in total. The minimum absolute atomic E-state index is 0.0177. The van der Waals surface area contributed by atoms with Crippen molar-refractivity contribution in [2.75, 3.05) is 13.7 Å². The van der Waals surface area contributed by atoms with Crippen LogP contribution in [0.5, 0.6) is 0 Å². The summed E-state index contributed by atoms with van der Waals surface area (Å²) in [6.45, 7) is 4.52. The van der Waals surface area contributed by atoms with Gasteiger partial charge < -0.3 is 10.4 Å². The van der Waals surface area contributed by atoms with E-state index in [1.165, 1.54) is 0 Å². The Hall–Kier alpha value is -0.580. The fourth-order valence-corrected chi connectivity index (χ4v) is 1.44. The van der Waals surface area contributed by atoms with Crippen molar-refractivity contribution < 1.29 is 5.11 Å². The normalized spacial score (nSPS) is 13.2. The van der Waals surface area contributed by atoms with E-state index in [9.17, 15) is 0 Å². The molecular formula is C9H16ClN3O. The molecule has 1 unspecified atom stereocenters. The zero-order valence-corrected chi connectivity index (χ0v) is 9.47. The summed E-state index contributed by atoms with van der Waals surface area (Å²) in [5.41, 5.74) is 1.77. The third-order valence-electron chi connectivity index (χ3n) is 2.32. The topological polar surface area (TPSA) is 50.1 Å². The van der Waals surface area contributed by atoms with Gasteiger partial charge in [-0.05, 0) is 20.9 Å². The van der Waals surface area contributed by atoms with Crippen LogP contribution in [0.2, 0.25) is 5.02 Å². The van der Waals surface area contributed by atoms with Gasteiger partial charge in [0.2, 0.25) is 0 Å². The summed E-state index contributed by atoms with van der Waals surface area (Å²) in [7, 11) is 1.81. The smallest absolute Gasteiger partial charge is 0.0844 e. The SMILES string of the molecule is CNC(CO)Cn1nc(C)c(Cl)c1C. The Balaban J connectivity index is 2.81. The van der Waals surface area contributed by atoms with Crippen molar-refractivity contribution in [1.82, 2.24) is 15.1 Å². The molecule has 2 N–H and O–H groups in total. The van der Waals surface area contributed by atoms with Crippen LogP contribution in [-0.4, -0.2) is 34.6 Å². The van der Waals surface area contributed by atoms with Crippen molar-refractivity contribution in [2.24, 2.45) is 0 Å². The number of halogens is 1. The summed E-state index contributed by atoms with van der Waals surface area (Å²) in [5.74, 6) is 0. The number of aromatic nitrogens is 2. The van der Waals surface area contributed by atoms with Gasteiger partial charge in [0.15, 0.2) is 0 Å². The number of aryl methyl sites for hydroxylation is 1. The van der Waals surface area contributed by atoms with E-state index in [1.54, 1.807) is 0 Å². The second kappa shape index (κ2) is 4.77. The lowest BCUT2D eigenvalue weighted by Crippen LogP contribution is -2.34. The number of hydrogen-bond acceptors (Lipinski definition) is 3. The van der Waals surface area contributed by atoms with E-state index in [-0.39, 0.29) is 12.6 Å². The number of nitrogens with one attached hydrogen (secondary N) is 1. The Bertz CT molecular complexity index is 307. The molecule has 0 aliphatic rings. The zero-order valence-electron chi connectivity index (χ0n) is 8.71. The van der Waals surface area contributed by atoms with E-state index < -0.39 is 0 Å². The fourth-order valence-electron chi connectivity index (χ4n) is 1.30. The van der Waals surface area contributed by atoms with E-state index in [4.69, 9.17) is 16.7 Å². The lowest BCUT2D eigenvalue weighted by atomic mass is 10.3. The molecule has 80 valence electrons. The molecule has 0 aliphatic heterocycles. The minimum Gasteiger partial charge on any atom is -0.395 e. The number of hydrogen-bond donors (Lipinski definition) is 2. The molecule has 0 saturated heterocycles. The largest absolute Gasteiger partial charge is 0.395 e. The Morgan fingerprint density at radius 2 is 2.21 bits per heavy atom. The van der Waals surface area contributed by atoms with Crippen molar-refractivity contribution in [1.29, 1.82) is 0 Å². The molecule has 0 radical (unpaired) electrons. The number of likely N-dealkylation sites (N-methyl/N-ethyl adjacent to an activating group) is 1.